The van der Waals surface area contributed by atoms with Crippen LogP contribution in [0.25, 0.3) is 0 Å². The van der Waals surface area contributed by atoms with E-state index in [1.807, 2.05) is 12.3 Å². The number of amides is 1. The molecule has 0 aromatic carbocycles. The van der Waals surface area contributed by atoms with Gasteiger partial charge in [0.1, 0.15) is 0 Å². The summed E-state index contributed by atoms with van der Waals surface area (Å²) in [6, 6.07) is 0. The van der Waals surface area contributed by atoms with E-state index in [2.05, 4.69) is 10.3 Å². The van der Waals surface area contributed by atoms with Gasteiger partial charge in [0.05, 0.1) is 5.69 Å². The van der Waals surface area contributed by atoms with E-state index in [1.165, 1.54) is 11.3 Å². The summed E-state index contributed by atoms with van der Waals surface area (Å²) in [4.78, 5) is 14.5. The van der Waals surface area contributed by atoms with E-state index in [0.717, 1.165) is 5.69 Å². The van der Waals surface area contributed by atoms with Gasteiger partial charge in [-0.15, -0.1) is 11.3 Å². The number of carbonyl (C=O) groups excluding carboxylic acids is 1. The van der Waals surface area contributed by atoms with Crippen molar-refractivity contribution in [1.29, 1.82) is 0 Å². The minimum Gasteiger partial charge on any atom is -0.293 e. The molecule has 0 saturated carbocycles. The van der Waals surface area contributed by atoms with Crippen LogP contribution >= 0.6 is 33.9 Å². The van der Waals surface area contributed by atoms with Crippen LogP contribution in [0.5, 0.6) is 0 Å². The van der Waals surface area contributed by atoms with Gasteiger partial charge in [-0.2, -0.15) is 0 Å². The van der Waals surface area contributed by atoms with E-state index in [9.17, 15) is 4.79 Å². The molecule has 0 spiro atoms. The fourth-order valence-electron chi connectivity index (χ4n) is 0.495. The van der Waals surface area contributed by atoms with Crippen LogP contribution in [0.2, 0.25) is 0 Å². The van der Waals surface area contributed by atoms with Crippen LogP contribution in [0.3, 0.4) is 0 Å². The molecule has 0 fully saturated rings. The first-order valence-corrected chi connectivity index (χ1v) is 4.53. The van der Waals surface area contributed by atoms with Gasteiger partial charge in [0.2, 0.25) is 0 Å². The Bertz CT molecular complexity index is 248. The number of hydrogen-bond acceptors (Lipinski definition) is 3. The number of nitrogens with one attached hydrogen (secondary N) is 1. The van der Waals surface area contributed by atoms with Crippen LogP contribution in [-0.2, 0) is 0 Å². The molecule has 1 aromatic rings. The van der Waals surface area contributed by atoms with E-state index >= 15 is 0 Å². The van der Waals surface area contributed by atoms with Gasteiger partial charge in [-0.05, 0) is 6.92 Å². The Balaban J connectivity index is 2.67. The number of aryl methyl sites for hydroxylation is 1. The lowest BCUT2D eigenvalue weighted by molar-refractivity contribution is 0.272. The largest absolute Gasteiger partial charge is 0.293 e. The standard InChI is InChI=1S/C5H5IN2OS/c1-3-2-10-5(7-3)8-4(6)9/h2H,1H3,(H,7,8,9). The average molecular weight is 268 g/mol. The first-order chi connectivity index (χ1) is 4.68. The lowest BCUT2D eigenvalue weighted by Crippen LogP contribution is -1.98. The Morgan fingerprint density at radius 2 is 2.60 bits per heavy atom. The molecule has 0 aliphatic heterocycles. The first kappa shape index (κ1) is 7.93. The third-order valence-electron chi connectivity index (χ3n) is 0.824. The van der Waals surface area contributed by atoms with E-state index in [0.29, 0.717) is 5.13 Å². The second-order valence-electron chi connectivity index (χ2n) is 1.69. The molecule has 5 heteroatoms. The SMILES string of the molecule is Cc1csc(NC(=O)I)n1. The summed E-state index contributed by atoms with van der Waals surface area (Å²) in [7, 11) is 0. The molecule has 1 aromatic heterocycles. The topological polar surface area (TPSA) is 42.0 Å². The molecular formula is C5H5IN2OS. The van der Waals surface area contributed by atoms with Crippen molar-refractivity contribution in [2.24, 2.45) is 0 Å². The summed E-state index contributed by atoms with van der Waals surface area (Å²) in [6.07, 6.45) is 0. The Morgan fingerprint density at radius 1 is 1.90 bits per heavy atom. The summed E-state index contributed by atoms with van der Waals surface area (Å²) < 4.78 is -0.105. The Kier molecular flexibility index (Phi) is 2.61. The van der Waals surface area contributed by atoms with Gasteiger partial charge >= 0.3 is 0 Å². The van der Waals surface area contributed by atoms with Crippen LogP contribution in [0.15, 0.2) is 5.38 Å². The lowest BCUT2D eigenvalue weighted by atomic mass is 10.6. The molecule has 1 rings (SSSR count). The van der Waals surface area contributed by atoms with Crippen molar-refractivity contribution >= 4 is 43.0 Å². The fraction of sp³-hybridized carbons (Fsp3) is 0.200. The van der Waals surface area contributed by atoms with Crippen molar-refractivity contribution in [1.82, 2.24) is 4.98 Å². The molecule has 1 amide bonds. The summed E-state index contributed by atoms with van der Waals surface area (Å²) in [6.45, 7) is 1.89. The highest BCUT2D eigenvalue weighted by Gasteiger charge is 1.99. The van der Waals surface area contributed by atoms with Crippen LogP contribution in [0.4, 0.5) is 9.93 Å². The molecule has 0 saturated heterocycles. The highest BCUT2D eigenvalue weighted by molar-refractivity contribution is 14.1. The number of halogens is 1. The maximum atomic E-state index is 10.5. The maximum absolute atomic E-state index is 10.5. The van der Waals surface area contributed by atoms with Gasteiger partial charge in [-0.3, -0.25) is 10.1 Å². The zero-order valence-electron chi connectivity index (χ0n) is 5.22. The number of hydrogen-bond donors (Lipinski definition) is 1. The normalized spacial score (nSPS) is 9.40. The van der Waals surface area contributed by atoms with Crippen LogP contribution in [0.1, 0.15) is 5.69 Å². The minimum atomic E-state index is -0.105. The fourth-order valence-corrected chi connectivity index (χ4v) is 1.62. The van der Waals surface area contributed by atoms with Crippen molar-refractivity contribution in [3.63, 3.8) is 0 Å². The van der Waals surface area contributed by atoms with E-state index < -0.39 is 0 Å². The first-order valence-electron chi connectivity index (χ1n) is 2.57. The van der Waals surface area contributed by atoms with Gasteiger partial charge in [0.25, 0.3) is 3.91 Å². The van der Waals surface area contributed by atoms with Crippen LogP contribution < -0.4 is 5.32 Å². The molecule has 1 heterocycles. The highest BCUT2D eigenvalue weighted by atomic mass is 127. The quantitative estimate of drug-likeness (QED) is 0.483. The number of carbonyl (C=O) groups is 1. The maximum Gasteiger partial charge on any atom is 0.286 e. The highest BCUT2D eigenvalue weighted by Crippen LogP contribution is 2.14. The van der Waals surface area contributed by atoms with Gasteiger partial charge in [0.15, 0.2) is 5.13 Å². The molecule has 0 atom stereocenters. The smallest absolute Gasteiger partial charge is 0.286 e. The Morgan fingerprint density at radius 3 is 3.00 bits per heavy atom. The zero-order chi connectivity index (χ0) is 7.56. The predicted octanol–water partition coefficient (Wildman–Crippen LogP) is 2.42. The Hall–Kier alpha value is -0.170. The number of nitrogens with zero attached hydrogens (tertiary/aromatic N) is 1. The monoisotopic (exact) mass is 268 g/mol. The molecule has 54 valence electrons. The number of rotatable bonds is 1. The third-order valence-corrected chi connectivity index (χ3v) is 1.97. The number of anilines is 1. The minimum absolute atomic E-state index is 0.105. The number of aromatic nitrogens is 1. The molecule has 0 aliphatic rings. The number of thiazole rings is 1. The van der Waals surface area contributed by atoms with Gasteiger partial charge in [-0.25, -0.2) is 4.98 Å². The second kappa shape index (κ2) is 3.29. The van der Waals surface area contributed by atoms with E-state index in [4.69, 9.17) is 0 Å². The van der Waals surface area contributed by atoms with Crippen molar-refractivity contribution in [2.45, 2.75) is 6.92 Å². The molecule has 10 heavy (non-hydrogen) atoms. The van der Waals surface area contributed by atoms with E-state index in [1.54, 1.807) is 22.6 Å². The molecule has 0 aliphatic carbocycles. The van der Waals surface area contributed by atoms with Crippen LogP contribution in [-0.4, -0.2) is 8.90 Å². The Labute approximate surface area is 76.0 Å². The summed E-state index contributed by atoms with van der Waals surface area (Å²) in [5.74, 6) is 0. The van der Waals surface area contributed by atoms with Crippen molar-refractivity contribution in [3.05, 3.63) is 11.1 Å². The summed E-state index contributed by atoms with van der Waals surface area (Å²) in [5, 5.41) is 5.14. The van der Waals surface area contributed by atoms with Crippen molar-refractivity contribution < 1.29 is 4.79 Å². The van der Waals surface area contributed by atoms with Gasteiger partial charge in [0, 0.05) is 28.0 Å². The molecule has 0 unspecified atom stereocenters. The third kappa shape index (κ3) is 2.22. The predicted molar refractivity (Wildman–Crippen MR) is 49.9 cm³/mol. The lowest BCUT2D eigenvalue weighted by Gasteiger charge is -1.89. The summed E-state index contributed by atoms with van der Waals surface area (Å²) >= 11 is 3.10. The van der Waals surface area contributed by atoms with Gasteiger partial charge < -0.3 is 0 Å². The molecular weight excluding hydrogens is 263 g/mol. The average Bonchev–Trinajstić information content (AvgIpc) is 2.13. The van der Waals surface area contributed by atoms with Crippen LogP contribution in [0, 0.1) is 6.92 Å². The second-order valence-corrected chi connectivity index (χ2v) is 3.53. The zero-order valence-corrected chi connectivity index (χ0v) is 8.19. The van der Waals surface area contributed by atoms with Crippen molar-refractivity contribution in [3.8, 4) is 0 Å². The molecule has 1 N–H and O–H groups in total. The van der Waals surface area contributed by atoms with Crippen molar-refractivity contribution in [2.75, 3.05) is 5.32 Å². The summed E-state index contributed by atoms with van der Waals surface area (Å²) in [5.41, 5.74) is 0.935. The van der Waals surface area contributed by atoms with E-state index in [-0.39, 0.29) is 3.91 Å². The van der Waals surface area contributed by atoms with Gasteiger partial charge in [-0.1, -0.05) is 0 Å². The molecule has 3 nitrogen and oxygen atoms in total. The molecule has 0 radical (unpaired) electrons. The molecule has 0 bridgehead atoms.